The number of nitrogens with zero attached hydrogens (tertiary/aromatic N) is 2. The van der Waals surface area contributed by atoms with Crippen molar-refractivity contribution in [2.45, 2.75) is 65.0 Å². The number of carbonyl (C=O) groups is 1. The number of ether oxygens (including phenoxy) is 2. The van der Waals surface area contributed by atoms with Gasteiger partial charge in [0.15, 0.2) is 0 Å². The van der Waals surface area contributed by atoms with E-state index in [0.717, 1.165) is 49.8 Å². The van der Waals surface area contributed by atoms with Gasteiger partial charge in [0.2, 0.25) is 0 Å². The summed E-state index contributed by atoms with van der Waals surface area (Å²) in [5.41, 5.74) is 5.06. The van der Waals surface area contributed by atoms with Crippen LogP contribution in [0.1, 0.15) is 57.1 Å². The number of aryl methyl sites for hydroxylation is 1. The van der Waals surface area contributed by atoms with Crippen molar-refractivity contribution >= 4 is 12.3 Å². The predicted octanol–water partition coefficient (Wildman–Crippen LogP) is 6.32. The Morgan fingerprint density at radius 3 is 2.50 bits per heavy atom. The molecule has 168 valence electrons. The van der Waals surface area contributed by atoms with Crippen molar-refractivity contribution in [1.29, 1.82) is 0 Å². The van der Waals surface area contributed by atoms with E-state index in [-0.39, 0.29) is 6.09 Å². The first-order valence-corrected chi connectivity index (χ1v) is 11.6. The highest BCUT2D eigenvalue weighted by molar-refractivity contribution is 5.71. The average Bonchev–Trinajstić information content (AvgIpc) is 3.52. The number of hydrogen-bond donors (Lipinski definition) is 0. The first-order valence-electron chi connectivity index (χ1n) is 11.6. The van der Waals surface area contributed by atoms with Crippen LogP contribution < -0.4 is 9.47 Å². The van der Waals surface area contributed by atoms with Gasteiger partial charge in [-0.25, -0.2) is 4.79 Å². The van der Waals surface area contributed by atoms with Crippen LogP contribution in [-0.4, -0.2) is 29.9 Å². The number of allylic oxidation sites excluding steroid dienone is 2. The first kappa shape index (κ1) is 22.1. The molecule has 1 amide bonds. The van der Waals surface area contributed by atoms with Crippen molar-refractivity contribution in [3.05, 3.63) is 70.9 Å². The van der Waals surface area contributed by atoms with Crippen LogP contribution in [0.25, 0.3) is 0 Å². The maximum Gasteiger partial charge on any atom is 0.415 e. The summed E-state index contributed by atoms with van der Waals surface area (Å²) in [5.74, 6) is 1.27. The Kier molecular flexibility index (Phi) is 7.25. The van der Waals surface area contributed by atoms with E-state index in [1.165, 1.54) is 16.8 Å². The molecule has 32 heavy (non-hydrogen) atoms. The van der Waals surface area contributed by atoms with Crippen LogP contribution in [0, 0.1) is 0 Å². The van der Waals surface area contributed by atoms with Crippen LogP contribution in [0.5, 0.6) is 11.5 Å². The van der Waals surface area contributed by atoms with E-state index in [9.17, 15) is 4.79 Å². The van der Waals surface area contributed by atoms with Gasteiger partial charge in [-0.05, 0) is 74.8 Å². The molecule has 0 N–H and O–H groups in total. The number of rotatable bonds is 10. The third-order valence-electron chi connectivity index (χ3n) is 5.89. The lowest BCUT2D eigenvalue weighted by Gasteiger charge is -2.20. The molecule has 1 fully saturated rings. The lowest BCUT2D eigenvalue weighted by molar-refractivity contribution is 0.152. The van der Waals surface area contributed by atoms with Crippen LogP contribution in [0.2, 0.25) is 0 Å². The van der Waals surface area contributed by atoms with E-state index < -0.39 is 0 Å². The molecule has 5 heteroatoms. The van der Waals surface area contributed by atoms with Crippen molar-refractivity contribution in [3.63, 3.8) is 0 Å². The summed E-state index contributed by atoms with van der Waals surface area (Å²) in [4.78, 5) is 18.9. The van der Waals surface area contributed by atoms with E-state index in [0.29, 0.717) is 24.9 Å². The Morgan fingerprint density at radius 2 is 1.81 bits per heavy atom. The number of amides is 1. The van der Waals surface area contributed by atoms with E-state index in [1.54, 1.807) is 17.0 Å². The fourth-order valence-electron chi connectivity index (χ4n) is 3.75. The fraction of sp³-hybridized carbons (Fsp3) is 0.407. The van der Waals surface area contributed by atoms with E-state index in [4.69, 9.17) is 9.47 Å². The molecule has 2 aliphatic rings. The monoisotopic (exact) mass is 432 g/mol. The predicted molar refractivity (Wildman–Crippen MR) is 127 cm³/mol. The first-order chi connectivity index (χ1) is 15.6. The summed E-state index contributed by atoms with van der Waals surface area (Å²) in [6.45, 7) is 5.23. The van der Waals surface area contributed by atoms with Crippen LogP contribution in [0.4, 0.5) is 4.79 Å². The molecule has 0 bridgehead atoms. The molecule has 0 unspecified atom stereocenters. The minimum absolute atomic E-state index is 0.313. The maximum absolute atomic E-state index is 12.7. The van der Waals surface area contributed by atoms with Crippen molar-refractivity contribution in [2.75, 3.05) is 6.54 Å². The summed E-state index contributed by atoms with van der Waals surface area (Å²) in [7, 11) is 0. The van der Waals surface area contributed by atoms with Crippen LogP contribution >= 0.6 is 0 Å². The zero-order valence-corrected chi connectivity index (χ0v) is 19.0. The number of hydrogen-bond acceptors (Lipinski definition) is 4. The van der Waals surface area contributed by atoms with Gasteiger partial charge in [-0.15, -0.1) is 0 Å². The van der Waals surface area contributed by atoms with Gasteiger partial charge in [0.25, 0.3) is 0 Å². The van der Waals surface area contributed by atoms with Gasteiger partial charge in [0.05, 0.1) is 6.10 Å². The van der Waals surface area contributed by atoms with Crippen LogP contribution in [-0.2, 0) is 13.0 Å². The lowest BCUT2D eigenvalue weighted by Crippen LogP contribution is -2.32. The smallest absolute Gasteiger partial charge is 0.415 e. The summed E-state index contributed by atoms with van der Waals surface area (Å²) in [5, 5.41) is 0. The van der Waals surface area contributed by atoms with Crippen LogP contribution in [0.15, 0.2) is 64.8 Å². The quantitative estimate of drug-likeness (QED) is 0.441. The SMILES string of the molecule is CCN(Cc1ccc(CCCC2=C(C)CC=N2)cc1)C(=O)Oc1cccc(OC2CC2)c1. The van der Waals surface area contributed by atoms with Gasteiger partial charge < -0.3 is 14.4 Å². The standard InChI is InChI=1S/C27H32N2O3/c1-3-29(27(30)32-25-8-5-7-24(18-25)31-23-14-15-23)19-22-12-10-21(11-13-22)6-4-9-26-20(2)16-17-28-26/h5,7-8,10-13,17-18,23H,3-4,6,9,14-16,19H2,1-2H3. The van der Waals surface area contributed by atoms with E-state index in [1.807, 2.05) is 25.3 Å². The highest BCUT2D eigenvalue weighted by atomic mass is 16.6. The topological polar surface area (TPSA) is 51.1 Å². The highest BCUT2D eigenvalue weighted by Crippen LogP contribution is 2.29. The van der Waals surface area contributed by atoms with Gasteiger partial charge >= 0.3 is 6.09 Å². The molecular formula is C27H32N2O3. The van der Waals surface area contributed by atoms with E-state index in [2.05, 4.69) is 36.2 Å². The molecule has 2 aromatic carbocycles. The fourth-order valence-corrected chi connectivity index (χ4v) is 3.75. The summed E-state index contributed by atoms with van der Waals surface area (Å²) in [6, 6.07) is 15.8. The third kappa shape index (κ3) is 6.22. The molecule has 5 nitrogen and oxygen atoms in total. The molecular weight excluding hydrogens is 400 g/mol. The molecule has 4 rings (SSSR count). The summed E-state index contributed by atoms with van der Waals surface area (Å²) < 4.78 is 11.4. The molecule has 0 saturated heterocycles. The molecule has 1 aliphatic heterocycles. The summed E-state index contributed by atoms with van der Waals surface area (Å²) in [6.07, 6.45) is 8.33. The Bertz CT molecular complexity index is 990. The molecule has 2 aromatic rings. The lowest BCUT2D eigenvalue weighted by atomic mass is 10.0. The zero-order chi connectivity index (χ0) is 22.3. The van der Waals surface area contributed by atoms with Crippen molar-refractivity contribution in [1.82, 2.24) is 4.90 Å². The third-order valence-corrected chi connectivity index (χ3v) is 5.89. The largest absolute Gasteiger partial charge is 0.490 e. The highest BCUT2D eigenvalue weighted by Gasteiger charge is 2.23. The minimum Gasteiger partial charge on any atom is -0.490 e. The second-order valence-electron chi connectivity index (χ2n) is 8.59. The molecule has 0 spiro atoms. The Labute approximate surface area is 190 Å². The zero-order valence-electron chi connectivity index (χ0n) is 19.0. The minimum atomic E-state index is -0.346. The van der Waals surface area contributed by atoms with Crippen molar-refractivity contribution < 1.29 is 14.3 Å². The van der Waals surface area contributed by atoms with Gasteiger partial charge in [0, 0.05) is 37.5 Å². The summed E-state index contributed by atoms with van der Waals surface area (Å²) >= 11 is 0. The van der Waals surface area contributed by atoms with Crippen molar-refractivity contribution in [3.8, 4) is 11.5 Å². The molecule has 0 radical (unpaired) electrons. The molecule has 0 aromatic heterocycles. The second kappa shape index (κ2) is 10.5. The van der Waals surface area contributed by atoms with Gasteiger partial charge in [-0.1, -0.05) is 30.3 Å². The number of aliphatic imine (C=N–C) groups is 1. The Balaban J connectivity index is 1.27. The average molecular weight is 433 g/mol. The maximum atomic E-state index is 12.7. The number of carbonyl (C=O) groups excluding carboxylic acids is 1. The van der Waals surface area contributed by atoms with Crippen LogP contribution in [0.3, 0.4) is 0 Å². The molecule has 0 atom stereocenters. The van der Waals surface area contributed by atoms with Gasteiger partial charge in [0.1, 0.15) is 11.5 Å². The van der Waals surface area contributed by atoms with E-state index >= 15 is 0 Å². The second-order valence-corrected chi connectivity index (χ2v) is 8.59. The Hall–Kier alpha value is -3.08. The number of benzene rings is 2. The van der Waals surface area contributed by atoms with Gasteiger partial charge in [-0.2, -0.15) is 0 Å². The Morgan fingerprint density at radius 1 is 1.06 bits per heavy atom. The normalized spacial score (nSPS) is 15.2. The molecule has 1 aliphatic carbocycles. The van der Waals surface area contributed by atoms with Crippen molar-refractivity contribution in [2.24, 2.45) is 4.99 Å². The molecule has 1 heterocycles. The molecule has 1 saturated carbocycles. The van der Waals surface area contributed by atoms with Gasteiger partial charge in [-0.3, -0.25) is 4.99 Å².